The second-order valence-electron chi connectivity index (χ2n) is 3.56. The summed E-state index contributed by atoms with van der Waals surface area (Å²) >= 11 is 0. The molecule has 0 spiro atoms. The molecule has 16 heavy (non-hydrogen) atoms. The molecule has 0 saturated heterocycles. The minimum Gasteiger partial charge on any atom is -0.398 e. The highest BCUT2D eigenvalue weighted by Crippen LogP contribution is 2.18. The van der Waals surface area contributed by atoms with E-state index in [-0.39, 0.29) is 0 Å². The van der Waals surface area contributed by atoms with Gasteiger partial charge in [-0.2, -0.15) is 0 Å². The highest BCUT2D eigenvalue weighted by Gasteiger charge is 2.00. The fourth-order valence-corrected chi connectivity index (χ4v) is 1.61. The first-order chi connectivity index (χ1) is 7.66. The molecular weight excluding hydrogens is 200 g/mol. The molecule has 2 rings (SSSR count). The lowest BCUT2D eigenvalue weighted by Crippen LogP contribution is -2.09. The molecule has 0 unspecified atom stereocenters. The maximum atomic E-state index is 10.7. The SMILES string of the molecule is NC(=O)C=C(N)c1ccc2ccccc2c1. The lowest BCUT2D eigenvalue weighted by atomic mass is 10.1. The van der Waals surface area contributed by atoms with Crippen LogP contribution in [-0.4, -0.2) is 5.91 Å². The molecule has 0 atom stereocenters. The van der Waals surface area contributed by atoms with Crippen LogP contribution in [0.2, 0.25) is 0 Å². The molecule has 0 aliphatic rings. The van der Waals surface area contributed by atoms with Crippen LogP contribution in [0.4, 0.5) is 0 Å². The van der Waals surface area contributed by atoms with Gasteiger partial charge >= 0.3 is 0 Å². The summed E-state index contributed by atoms with van der Waals surface area (Å²) in [6.07, 6.45) is 1.23. The van der Waals surface area contributed by atoms with Crippen LogP contribution in [0.1, 0.15) is 5.56 Å². The summed E-state index contributed by atoms with van der Waals surface area (Å²) in [7, 11) is 0. The van der Waals surface area contributed by atoms with Crippen molar-refractivity contribution in [3.8, 4) is 0 Å². The van der Waals surface area contributed by atoms with Gasteiger partial charge in [0, 0.05) is 11.8 Å². The van der Waals surface area contributed by atoms with Crippen LogP contribution < -0.4 is 11.5 Å². The van der Waals surface area contributed by atoms with Gasteiger partial charge in [0.15, 0.2) is 0 Å². The molecule has 4 N–H and O–H groups in total. The van der Waals surface area contributed by atoms with Crippen molar-refractivity contribution in [2.24, 2.45) is 11.5 Å². The van der Waals surface area contributed by atoms with E-state index in [1.165, 1.54) is 6.08 Å². The van der Waals surface area contributed by atoms with Crippen molar-refractivity contribution < 1.29 is 4.79 Å². The van der Waals surface area contributed by atoms with Crippen molar-refractivity contribution in [2.75, 3.05) is 0 Å². The zero-order valence-electron chi connectivity index (χ0n) is 8.68. The Balaban J connectivity index is 2.51. The number of nitrogens with two attached hydrogens (primary N) is 2. The van der Waals surface area contributed by atoms with Gasteiger partial charge in [-0.3, -0.25) is 4.79 Å². The van der Waals surface area contributed by atoms with Crippen molar-refractivity contribution in [3.63, 3.8) is 0 Å². The van der Waals surface area contributed by atoms with E-state index in [1.54, 1.807) is 0 Å². The van der Waals surface area contributed by atoms with Crippen molar-refractivity contribution in [1.29, 1.82) is 0 Å². The third kappa shape index (κ3) is 2.03. The van der Waals surface area contributed by atoms with Crippen molar-refractivity contribution in [1.82, 2.24) is 0 Å². The monoisotopic (exact) mass is 212 g/mol. The van der Waals surface area contributed by atoms with E-state index in [0.29, 0.717) is 5.70 Å². The number of benzene rings is 2. The van der Waals surface area contributed by atoms with Gasteiger partial charge < -0.3 is 11.5 Å². The number of hydrogen-bond acceptors (Lipinski definition) is 2. The number of hydrogen-bond donors (Lipinski definition) is 2. The molecular formula is C13H12N2O. The molecule has 2 aromatic carbocycles. The van der Waals surface area contributed by atoms with Gasteiger partial charge in [0.2, 0.25) is 5.91 Å². The summed E-state index contributed by atoms with van der Waals surface area (Å²) in [5, 5.41) is 2.22. The average molecular weight is 212 g/mol. The molecule has 80 valence electrons. The topological polar surface area (TPSA) is 69.1 Å². The first kappa shape index (κ1) is 10.2. The Morgan fingerprint density at radius 2 is 1.69 bits per heavy atom. The van der Waals surface area contributed by atoms with Gasteiger partial charge in [0.1, 0.15) is 0 Å². The van der Waals surface area contributed by atoms with E-state index in [9.17, 15) is 4.79 Å². The van der Waals surface area contributed by atoms with Crippen LogP contribution in [0.5, 0.6) is 0 Å². The summed E-state index contributed by atoms with van der Waals surface area (Å²) in [5.74, 6) is -0.536. The molecule has 0 aromatic heterocycles. The number of rotatable bonds is 2. The first-order valence-corrected chi connectivity index (χ1v) is 4.92. The molecule has 1 amide bonds. The maximum absolute atomic E-state index is 10.7. The Morgan fingerprint density at radius 1 is 1.00 bits per heavy atom. The van der Waals surface area contributed by atoms with E-state index in [4.69, 9.17) is 11.5 Å². The smallest absolute Gasteiger partial charge is 0.243 e. The molecule has 0 aliphatic heterocycles. The van der Waals surface area contributed by atoms with Gasteiger partial charge in [0.05, 0.1) is 0 Å². The number of carbonyl (C=O) groups is 1. The fourth-order valence-electron chi connectivity index (χ4n) is 1.61. The van der Waals surface area contributed by atoms with E-state index >= 15 is 0 Å². The Bertz CT molecular complexity index is 573. The highest BCUT2D eigenvalue weighted by molar-refractivity contribution is 5.94. The quantitative estimate of drug-likeness (QED) is 0.743. The number of amides is 1. The van der Waals surface area contributed by atoms with Gasteiger partial charge in [-0.1, -0.05) is 36.4 Å². The highest BCUT2D eigenvalue weighted by atomic mass is 16.1. The van der Waals surface area contributed by atoms with Gasteiger partial charge in [0.25, 0.3) is 0 Å². The molecule has 0 radical (unpaired) electrons. The van der Waals surface area contributed by atoms with Crippen LogP contribution in [0.25, 0.3) is 16.5 Å². The Hall–Kier alpha value is -2.29. The Morgan fingerprint density at radius 3 is 2.38 bits per heavy atom. The van der Waals surface area contributed by atoms with Crippen LogP contribution in [0, 0.1) is 0 Å². The third-order valence-electron chi connectivity index (χ3n) is 2.38. The standard InChI is InChI=1S/C13H12N2O/c14-12(8-13(15)16)11-6-5-9-3-1-2-4-10(9)7-11/h1-8H,14H2,(H2,15,16). The molecule has 0 heterocycles. The van der Waals surface area contributed by atoms with Crippen molar-refractivity contribution >= 4 is 22.4 Å². The lowest BCUT2D eigenvalue weighted by molar-refractivity contribution is -0.113. The minimum atomic E-state index is -0.536. The molecule has 0 aliphatic carbocycles. The molecule has 3 nitrogen and oxygen atoms in total. The summed E-state index contributed by atoms with van der Waals surface area (Å²) in [6.45, 7) is 0. The van der Waals surface area contributed by atoms with Gasteiger partial charge in [-0.15, -0.1) is 0 Å². The van der Waals surface area contributed by atoms with Gasteiger partial charge in [-0.25, -0.2) is 0 Å². The van der Waals surface area contributed by atoms with E-state index in [0.717, 1.165) is 16.3 Å². The van der Waals surface area contributed by atoms with E-state index in [2.05, 4.69) is 0 Å². The van der Waals surface area contributed by atoms with E-state index < -0.39 is 5.91 Å². The summed E-state index contributed by atoms with van der Waals surface area (Å²) in [6, 6.07) is 13.7. The summed E-state index contributed by atoms with van der Waals surface area (Å²) in [5.41, 5.74) is 12.0. The normalized spacial score (nSPS) is 11.6. The fraction of sp³-hybridized carbons (Fsp3) is 0. The third-order valence-corrected chi connectivity index (χ3v) is 2.38. The lowest BCUT2D eigenvalue weighted by Gasteiger charge is -2.03. The van der Waals surface area contributed by atoms with Crippen molar-refractivity contribution in [3.05, 3.63) is 54.1 Å². The van der Waals surface area contributed by atoms with Crippen molar-refractivity contribution in [2.45, 2.75) is 0 Å². The van der Waals surface area contributed by atoms with Crippen LogP contribution in [0.3, 0.4) is 0 Å². The number of primary amides is 1. The first-order valence-electron chi connectivity index (χ1n) is 4.92. The number of carbonyl (C=O) groups excluding carboxylic acids is 1. The largest absolute Gasteiger partial charge is 0.398 e. The number of fused-ring (bicyclic) bond motifs is 1. The van der Waals surface area contributed by atoms with Crippen LogP contribution >= 0.6 is 0 Å². The maximum Gasteiger partial charge on any atom is 0.243 e. The molecule has 0 saturated carbocycles. The molecule has 3 heteroatoms. The van der Waals surface area contributed by atoms with Crippen LogP contribution in [-0.2, 0) is 4.79 Å². The van der Waals surface area contributed by atoms with Crippen LogP contribution in [0.15, 0.2) is 48.5 Å². The molecule has 0 bridgehead atoms. The second-order valence-corrected chi connectivity index (χ2v) is 3.56. The minimum absolute atomic E-state index is 0.387. The van der Waals surface area contributed by atoms with E-state index in [1.807, 2.05) is 42.5 Å². The zero-order chi connectivity index (χ0) is 11.5. The Kier molecular flexibility index (Phi) is 2.60. The summed E-state index contributed by atoms with van der Waals surface area (Å²) in [4.78, 5) is 10.7. The molecule has 2 aromatic rings. The predicted octanol–water partition coefficient (Wildman–Crippen LogP) is 1.62. The molecule has 0 fully saturated rings. The summed E-state index contributed by atoms with van der Waals surface area (Å²) < 4.78 is 0. The predicted molar refractivity (Wildman–Crippen MR) is 65.3 cm³/mol. The Labute approximate surface area is 93.4 Å². The van der Waals surface area contributed by atoms with Gasteiger partial charge in [-0.05, 0) is 22.4 Å². The second kappa shape index (κ2) is 4.06. The average Bonchev–Trinajstić information content (AvgIpc) is 2.27. The zero-order valence-corrected chi connectivity index (χ0v) is 8.68.